The van der Waals surface area contributed by atoms with Gasteiger partial charge in [0.1, 0.15) is 11.4 Å². The van der Waals surface area contributed by atoms with Crippen molar-refractivity contribution < 1.29 is 32.2 Å². The van der Waals surface area contributed by atoms with Gasteiger partial charge in [-0.05, 0) is 56.5 Å². The van der Waals surface area contributed by atoms with Gasteiger partial charge in [0.2, 0.25) is 0 Å². The molecule has 27 heavy (non-hydrogen) atoms. The van der Waals surface area contributed by atoms with E-state index in [9.17, 15) is 18.0 Å². The first-order valence-electron chi connectivity index (χ1n) is 8.56. The van der Waals surface area contributed by atoms with Crippen molar-refractivity contribution in [1.29, 1.82) is 0 Å². The first-order valence-corrected chi connectivity index (χ1v) is 8.56. The number of benzene rings is 1. The van der Waals surface area contributed by atoms with Gasteiger partial charge in [0.05, 0.1) is 12.6 Å². The molecule has 1 aliphatic heterocycles. The second-order valence-corrected chi connectivity index (χ2v) is 7.29. The van der Waals surface area contributed by atoms with Crippen molar-refractivity contribution in [2.24, 2.45) is 0 Å². The minimum atomic E-state index is -4.80. The first-order chi connectivity index (χ1) is 12.5. The molecule has 1 amide bonds. The lowest BCUT2D eigenvalue weighted by Gasteiger charge is -2.31. The van der Waals surface area contributed by atoms with E-state index in [2.05, 4.69) is 11.3 Å². The van der Waals surface area contributed by atoms with E-state index in [1.165, 1.54) is 23.1 Å². The lowest BCUT2D eigenvalue weighted by atomic mass is 10.1. The summed E-state index contributed by atoms with van der Waals surface area (Å²) >= 11 is 0. The van der Waals surface area contributed by atoms with Gasteiger partial charge in [0.25, 0.3) is 0 Å². The van der Waals surface area contributed by atoms with Gasteiger partial charge in [0.15, 0.2) is 0 Å². The Bertz CT molecular complexity index is 677. The van der Waals surface area contributed by atoms with Crippen LogP contribution in [0, 0.1) is 0 Å². The molecule has 0 aromatic heterocycles. The summed E-state index contributed by atoms with van der Waals surface area (Å²) < 4.78 is 52.6. The van der Waals surface area contributed by atoms with Crippen LogP contribution >= 0.6 is 0 Å². The summed E-state index contributed by atoms with van der Waals surface area (Å²) in [5.41, 5.74) is 0.241. The molecule has 0 aliphatic carbocycles. The van der Waals surface area contributed by atoms with Crippen LogP contribution in [0.1, 0.15) is 38.3 Å². The lowest BCUT2D eigenvalue weighted by molar-refractivity contribution is -0.274. The highest BCUT2D eigenvalue weighted by molar-refractivity contribution is 5.69. The molecule has 1 atom stereocenters. The van der Waals surface area contributed by atoms with Crippen LogP contribution in [-0.2, 0) is 16.0 Å². The Morgan fingerprint density at radius 3 is 2.56 bits per heavy atom. The Kier molecular flexibility index (Phi) is 6.41. The molecule has 0 saturated carbocycles. The fourth-order valence-electron chi connectivity index (χ4n) is 2.72. The number of alkyl halides is 3. The predicted octanol–water partition coefficient (Wildman–Crippen LogP) is 4.75. The molecule has 0 radical (unpaired) electrons. The molecular formula is C19H24F3NO4. The first kappa shape index (κ1) is 21.1. The minimum Gasteiger partial charge on any atom is -0.444 e. The summed E-state index contributed by atoms with van der Waals surface area (Å²) in [6.07, 6.45) is -3.29. The van der Waals surface area contributed by atoms with Gasteiger partial charge in [-0.2, -0.15) is 0 Å². The van der Waals surface area contributed by atoms with Gasteiger partial charge in [0, 0.05) is 13.2 Å². The van der Waals surface area contributed by atoms with Crippen LogP contribution in [-0.4, -0.2) is 42.2 Å². The van der Waals surface area contributed by atoms with E-state index in [-0.39, 0.29) is 18.3 Å². The molecule has 1 aliphatic rings. The molecule has 0 N–H and O–H groups in total. The van der Waals surface area contributed by atoms with Crippen LogP contribution in [0.15, 0.2) is 24.8 Å². The molecule has 1 heterocycles. The fraction of sp³-hybridized carbons (Fsp3) is 0.526. The Hall–Kier alpha value is -2.22. The highest BCUT2D eigenvalue weighted by atomic mass is 19.4. The van der Waals surface area contributed by atoms with E-state index in [4.69, 9.17) is 9.47 Å². The van der Waals surface area contributed by atoms with Gasteiger partial charge >= 0.3 is 12.5 Å². The summed E-state index contributed by atoms with van der Waals surface area (Å²) in [4.78, 5) is 14.1. The van der Waals surface area contributed by atoms with Crippen LogP contribution in [0.3, 0.4) is 0 Å². The second-order valence-electron chi connectivity index (χ2n) is 7.29. The molecule has 150 valence electrons. The third kappa shape index (κ3) is 6.78. The van der Waals surface area contributed by atoms with Crippen molar-refractivity contribution in [3.8, 4) is 5.75 Å². The fourth-order valence-corrected chi connectivity index (χ4v) is 2.72. The van der Waals surface area contributed by atoms with Crippen LogP contribution in [0.25, 0.3) is 6.08 Å². The zero-order chi connectivity index (χ0) is 20.2. The molecule has 0 spiro atoms. The van der Waals surface area contributed by atoms with Gasteiger partial charge in [-0.3, -0.25) is 4.90 Å². The van der Waals surface area contributed by atoms with E-state index >= 15 is 0 Å². The van der Waals surface area contributed by atoms with Crippen molar-refractivity contribution in [1.82, 2.24) is 4.90 Å². The summed E-state index contributed by atoms with van der Waals surface area (Å²) in [6.45, 7) is 9.78. The van der Waals surface area contributed by atoms with Gasteiger partial charge in [-0.1, -0.05) is 12.7 Å². The Balaban J connectivity index is 2.28. The zero-order valence-electron chi connectivity index (χ0n) is 15.6. The average Bonchev–Trinajstić information content (AvgIpc) is 3.02. The van der Waals surface area contributed by atoms with Crippen molar-refractivity contribution in [2.75, 3.05) is 13.2 Å². The third-order valence-corrected chi connectivity index (χ3v) is 3.79. The number of hydrogen-bond acceptors (Lipinski definition) is 4. The summed E-state index contributed by atoms with van der Waals surface area (Å²) in [6, 6.07) is 3.94. The quantitative estimate of drug-likeness (QED) is 0.731. The number of carbonyl (C=O) groups is 1. The van der Waals surface area contributed by atoms with Crippen molar-refractivity contribution in [2.45, 2.75) is 51.7 Å². The molecule has 1 saturated heterocycles. The van der Waals surface area contributed by atoms with Gasteiger partial charge in [-0.25, -0.2) is 4.79 Å². The molecule has 1 aromatic carbocycles. The number of hydrogen-bond donors (Lipinski definition) is 0. The molecule has 8 heteroatoms. The molecule has 5 nitrogen and oxygen atoms in total. The number of ether oxygens (including phenoxy) is 3. The van der Waals surface area contributed by atoms with E-state index in [1.54, 1.807) is 26.8 Å². The smallest absolute Gasteiger partial charge is 0.444 e. The van der Waals surface area contributed by atoms with Crippen LogP contribution in [0.5, 0.6) is 5.75 Å². The normalized spacial score (nSPS) is 17.5. The van der Waals surface area contributed by atoms with E-state index in [1.807, 2.05) is 0 Å². The third-order valence-electron chi connectivity index (χ3n) is 3.79. The minimum absolute atomic E-state index is 0.0683. The maximum atomic E-state index is 12.6. The monoisotopic (exact) mass is 387 g/mol. The largest absolute Gasteiger partial charge is 0.573 e. The summed E-state index contributed by atoms with van der Waals surface area (Å²) in [5.74, 6) is -0.360. The van der Waals surface area contributed by atoms with Crippen molar-refractivity contribution >= 4 is 12.2 Å². The maximum Gasteiger partial charge on any atom is 0.573 e. The van der Waals surface area contributed by atoms with Gasteiger partial charge < -0.3 is 14.2 Å². The van der Waals surface area contributed by atoms with Crippen LogP contribution < -0.4 is 4.74 Å². The van der Waals surface area contributed by atoms with Crippen molar-refractivity contribution in [3.05, 3.63) is 35.9 Å². The number of rotatable bonds is 5. The number of halogens is 3. The van der Waals surface area contributed by atoms with E-state index in [0.29, 0.717) is 30.8 Å². The highest BCUT2D eigenvalue weighted by Gasteiger charge is 2.33. The average molecular weight is 387 g/mol. The van der Waals surface area contributed by atoms with Gasteiger partial charge in [-0.15, -0.1) is 13.2 Å². The topological polar surface area (TPSA) is 48.0 Å². The number of nitrogens with zero attached hydrogens (tertiary/aromatic N) is 1. The van der Waals surface area contributed by atoms with Crippen LogP contribution in [0.2, 0.25) is 0 Å². The number of carbonyl (C=O) groups excluding carboxylic acids is 1. The zero-order valence-corrected chi connectivity index (χ0v) is 15.6. The van der Waals surface area contributed by atoms with E-state index < -0.39 is 18.1 Å². The predicted molar refractivity (Wildman–Crippen MR) is 94.2 cm³/mol. The highest BCUT2D eigenvalue weighted by Crippen LogP contribution is 2.27. The lowest BCUT2D eigenvalue weighted by Crippen LogP contribution is -2.43. The summed E-state index contributed by atoms with van der Waals surface area (Å²) in [7, 11) is 0. The molecule has 1 fully saturated rings. The van der Waals surface area contributed by atoms with Crippen LogP contribution in [0.4, 0.5) is 18.0 Å². The molecule has 0 bridgehead atoms. The Labute approximate surface area is 156 Å². The Morgan fingerprint density at radius 2 is 2.04 bits per heavy atom. The Morgan fingerprint density at radius 1 is 1.33 bits per heavy atom. The molecule has 1 aromatic rings. The second kappa shape index (κ2) is 8.21. The number of amides is 1. The van der Waals surface area contributed by atoms with Crippen molar-refractivity contribution in [3.63, 3.8) is 0 Å². The molecule has 2 rings (SSSR count). The molecule has 1 unspecified atom stereocenters. The SMILES string of the molecule is C=Cc1cc(CN(C(=O)OC(C)(C)C)C2CCOC2)cc(OC(F)(F)F)c1. The summed E-state index contributed by atoms with van der Waals surface area (Å²) in [5, 5.41) is 0. The molecular weight excluding hydrogens is 363 g/mol. The maximum absolute atomic E-state index is 12.6. The van der Waals surface area contributed by atoms with E-state index in [0.717, 1.165) is 0 Å². The standard InChI is InChI=1S/C19H24F3NO4/c1-5-13-8-14(10-16(9-13)26-19(20,21)22)11-23(15-6-7-25-12-15)17(24)27-18(2,3)4/h5,8-10,15H,1,6-7,11-12H2,2-4H3.